The minimum absolute atomic E-state index is 0.0347. The van der Waals surface area contributed by atoms with E-state index in [2.05, 4.69) is 15.3 Å². The van der Waals surface area contributed by atoms with Gasteiger partial charge in [0.2, 0.25) is 0 Å². The van der Waals surface area contributed by atoms with Crippen LogP contribution in [0.1, 0.15) is 18.5 Å². The van der Waals surface area contributed by atoms with Crippen molar-refractivity contribution in [2.24, 2.45) is 0 Å². The molecule has 0 amide bonds. The number of nitrogens with one attached hydrogen (secondary N) is 1. The third-order valence-electron chi connectivity index (χ3n) is 3.32. The van der Waals surface area contributed by atoms with Crippen LogP contribution in [0.4, 0.5) is 5.82 Å². The lowest BCUT2D eigenvalue weighted by molar-refractivity contribution is 0.876. The summed E-state index contributed by atoms with van der Waals surface area (Å²) in [5.41, 5.74) is 1.84. The minimum Gasteiger partial charge on any atom is -0.363 e. The SMILES string of the molecule is CC(Nc1ncnc2cc(Cl)ccc12)c1ccccc1Cl. The summed E-state index contributed by atoms with van der Waals surface area (Å²) in [4.78, 5) is 8.56. The zero-order valence-electron chi connectivity index (χ0n) is 11.3. The highest BCUT2D eigenvalue weighted by Gasteiger charge is 2.11. The second kappa shape index (κ2) is 5.88. The molecule has 21 heavy (non-hydrogen) atoms. The van der Waals surface area contributed by atoms with Gasteiger partial charge in [-0.15, -0.1) is 0 Å². The Labute approximate surface area is 132 Å². The summed E-state index contributed by atoms with van der Waals surface area (Å²) < 4.78 is 0. The van der Waals surface area contributed by atoms with E-state index in [0.717, 1.165) is 27.3 Å². The molecule has 3 aromatic rings. The number of benzene rings is 2. The Morgan fingerprint density at radius 3 is 2.67 bits per heavy atom. The topological polar surface area (TPSA) is 37.8 Å². The zero-order valence-corrected chi connectivity index (χ0v) is 12.9. The molecule has 0 radical (unpaired) electrons. The Bertz CT molecular complexity index is 789. The van der Waals surface area contributed by atoms with Gasteiger partial charge in [0.15, 0.2) is 0 Å². The van der Waals surface area contributed by atoms with Crippen LogP contribution in [0.3, 0.4) is 0 Å². The molecule has 3 rings (SSSR count). The lowest BCUT2D eigenvalue weighted by Gasteiger charge is -2.17. The van der Waals surface area contributed by atoms with Crippen molar-refractivity contribution in [3.05, 3.63) is 64.4 Å². The molecule has 0 bridgehead atoms. The van der Waals surface area contributed by atoms with Crippen molar-refractivity contribution in [1.29, 1.82) is 0 Å². The number of nitrogens with zero attached hydrogens (tertiary/aromatic N) is 2. The van der Waals surface area contributed by atoms with Gasteiger partial charge in [-0.3, -0.25) is 0 Å². The maximum Gasteiger partial charge on any atom is 0.137 e. The second-order valence-electron chi connectivity index (χ2n) is 4.77. The first-order valence-electron chi connectivity index (χ1n) is 6.56. The predicted molar refractivity (Wildman–Crippen MR) is 88.0 cm³/mol. The number of rotatable bonds is 3. The fraction of sp³-hybridized carbons (Fsp3) is 0.125. The number of aromatic nitrogens is 2. The van der Waals surface area contributed by atoms with E-state index in [1.165, 1.54) is 6.33 Å². The standard InChI is InChI=1S/C16H13Cl2N3/c1-10(12-4-2-3-5-14(12)18)21-16-13-7-6-11(17)8-15(13)19-9-20-16/h2-10H,1H3,(H,19,20,21). The fourth-order valence-electron chi connectivity index (χ4n) is 2.25. The summed E-state index contributed by atoms with van der Waals surface area (Å²) in [5, 5.41) is 5.71. The molecule has 0 saturated carbocycles. The summed E-state index contributed by atoms with van der Waals surface area (Å²) in [6.45, 7) is 2.05. The van der Waals surface area contributed by atoms with E-state index >= 15 is 0 Å². The normalized spacial score (nSPS) is 12.3. The highest BCUT2D eigenvalue weighted by molar-refractivity contribution is 6.31. The van der Waals surface area contributed by atoms with Crippen LogP contribution in [-0.4, -0.2) is 9.97 Å². The maximum atomic E-state index is 6.23. The molecule has 3 nitrogen and oxygen atoms in total. The van der Waals surface area contributed by atoms with Crippen molar-refractivity contribution in [1.82, 2.24) is 9.97 Å². The van der Waals surface area contributed by atoms with Gasteiger partial charge in [0.1, 0.15) is 12.1 Å². The number of hydrogen-bond donors (Lipinski definition) is 1. The van der Waals surface area contributed by atoms with Gasteiger partial charge in [-0.25, -0.2) is 9.97 Å². The average Bonchev–Trinajstić information content (AvgIpc) is 2.47. The van der Waals surface area contributed by atoms with Crippen LogP contribution < -0.4 is 5.32 Å². The van der Waals surface area contributed by atoms with Gasteiger partial charge in [-0.2, -0.15) is 0 Å². The van der Waals surface area contributed by atoms with Gasteiger partial charge in [0.05, 0.1) is 11.6 Å². The Kier molecular flexibility index (Phi) is 3.95. The van der Waals surface area contributed by atoms with Crippen molar-refractivity contribution in [2.45, 2.75) is 13.0 Å². The van der Waals surface area contributed by atoms with E-state index in [1.807, 2.05) is 49.4 Å². The Hall–Kier alpha value is -1.84. The highest BCUT2D eigenvalue weighted by atomic mass is 35.5. The van der Waals surface area contributed by atoms with E-state index in [4.69, 9.17) is 23.2 Å². The van der Waals surface area contributed by atoms with Crippen molar-refractivity contribution >= 4 is 39.9 Å². The van der Waals surface area contributed by atoms with Crippen molar-refractivity contribution in [3.8, 4) is 0 Å². The summed E-state index contributed by atoms with van der Waals surface area (Å²) in [6, 6.07) is 13.4. The van der Waals surface area contributed by atoms with Crippen LogP contribution in [0.5, 0.6) is 0 Å². The largest absolute Gasteiger partial charge is 0.363 e. The quantitative estimate of drug-likeness (QED) is 0.729. The molecule has 0 spiro atoms. The molecule has 0 fully saturated rings. The molecule has 0 aliphatic carbocycles. The van der Waals surface area contributed by atoms with E-state index in [-0.39, 0.29) is 6.04 Å². The molecule has 1 heterocycles. The van der Waals surface area contributed by atoms with Crippen LogP contribution in [0.2, 0.25) is 10.0 Å². The van der Waals surface area contributed by atoms with E-state index in [0.29, 0.717) is 5.02 Å². The van der Waals surface area contributed by atoms with Gasteiger partial charge < -0.3 is 5.32 Å². The lowest BCUT2D eigenvalue weighted by Crippen LogP contribution is -2.09. The molecule has 1 N–H and O–H groups in total. The first-order chi connectivity index (χ1) is 10.1. The molecule has 106 valence electrons. The Morgan fingerprint density at radius 2 is 1.86 bits per heavy atom. The first kappa shape index (κ1) is 14.1. The maximum absolute atomic E-state index is 6.23. The fourth-order valence-corrected chi connectivity index (χ4v) is 2.72. The number of fused-ring (bicyclic) bond motifs is 1. The Morgan fingerprint density at radius 1 is 1.05 bits per heavy atom. The van der Waals surface area contributed by atoms with Crippen LogP contribution >= 0.6 is 23.2 Å². The van der Waals surface area contributed by atoms with Gasteiger partial charge in [0.25, 0.3) is 0 Å². The third-order valence-corrected chi connectivity index (χ3v) is 3.90. The molecule has 2 aromatic carbocycles. The average molecular weight is 318 g/mol. The molecular formula is C16H13Cl2N3. The molecule has 0 aliphatic heterocycles. The van der Waals surface area contributed by atoms with E-state index in [1.54, 1.807) is 0 Å². The van der Waals surface area contributed by atoms with Gasteiger partial charge in [-0.05, 0) is 36.8 Å². The van der Waals surface area contributed by atoms with Gasteiger partial charge in [0, 0.05) is 15.4 Å². The zero-order chi connectivity index (χ0) is 14.8. The molecule has 0 saturated heterocycles. The molecule has 1 atom stereocenters. The van der Waals surface area contributed by atoms with E-state index < -0.39 is 0 Å². The van der Waals surface area contributed by atoms with Crippen molar-refractivity contribution in [2.75, 3.05) is 5.32 Å². The van der Waals surface area contributed by atoms with E-state index in [9.17, 15) is 0 Å². The van der Waals surface area contributed by atoms with Crippen molar-refractivity contribution < 1.29 is 0 Å². The number of anilines is 1. The second-order valence-corrected chi connectivity index (χ2v) is 5.61. The molecule has 1 unspecified atom stereocenters. The monoisotopic (exact) mass is 317 g/mol. The van der Waals surface area contributed by atoms with Crippen LogP contribution in [-0.2, 0) is 0 Å². The first-order valence-corrected chi connectivity index (χ1v) is 7.32. The summed E-state index contributed by atoms with van der Waals surface area (Å²) >= 11 is 12.2. The van der Waals surface area contributed by atoms with Gasteiger partial charge in [-0.1, -0.05) is 41.4 Å². The number of hydrogen-bond acceptors (Lipinski definition) is 3. The summed E-state index contributed by atoms with van der Waals surface area (Å²) in [5.74, 6) is 0.768. The molecular weight excluding hydrogens is 305 g/mol. The molecule has 1 aromatic heterocycles. The molecule has 5 heteroatoms. The minimum atomic E-state index is 0.0347. The van der Waals surface area contributed by atoms with Gasteiger partial charge >= 0.3 is 0 Å². The molecule has 0 aliphatic rings. The lowest BCUT2D eigenvalue weighted by atomic mass is 10.1. The third kappa shape index (κ3) is 2.94. The van der Waals surface area contributed by atoms with Crippen LogP contribution in [0, 0.1) is 0 Å². The summed E-state index contributed by atoms with van der Waals surface area (Å²) in [7, 11) is 0. The van der Waals surface area contributed by atoms with Crippen LogP contribution in [0.15, 0.2) is 48.8 Å². The van der Waals surface area contributed by atoms with Crippen molar-refractivity contribution in [3.63, 3.8) is 0 Å². The predicted octanol–water partition coefficient (Wildman–Crippen LogP) is 5.11. The highest BCUT2D eigenvalue weighted by Crippen LogP contribution is 2.28. The Balaban J connectivity index is 1.97. The smallest absolute Gasteiger partial charge is 0.137 e. The summed E-state index contributed by atoms with van der Waals surface area (Å²) in [6.07, 6.45) is 1.53. The van der Waals surface area contributed by atoms with Crippen LogP contribution in [0.25, 0.3) is 10.9 Å². The number of halogens is 2.